The minimum atomic E-state index is -0.342. The van der Waals surface area contributed by atoms with Gasteiger partial charge in [0.15, 0.2) is 0 Å². The van der Waals surface area contributed by atoms with Crippen LogP contribution in [0.4, 0.5) is 14.5 Å². The van der Waals surface area contributed by atoms with Gasteiger partial charge in [0, 0.05) is 22.9 Å². The third kappa shape index (κ3) is 6.00. The van der Waals surface area contributed by atoms with Gasteiger partial charge in [-0.2, -0.15) is 0 Å². The molecule has 122 valence electrons. The summed E-state index contributed by atoms with van der Waals surface area (Å²) in [5, 5.41) is 2.70. The average Bonchev–Trinajstić information content (AvgIpc) is 2.51. The highest BCUT2D eigenvalue weighted by atomic mass is 32.2. The van der Waals surface area contributed by atoms with Crippen LogP contribution in [0.15, 0.2) is 53.4 Å². The highest BCUT2D eigenvalue weighted by Gasteiger charge is 2.08. The van der Waals surface area contributed by atoms with Crippen molar-refractivity contribution in [1.82, 2.24) is 4.90 Å². The van der Waals surface area contributed by atoms with Crippen molar-refractivity contribution in [2.45, 2.75) is 4.90 Å². The summed E-state index contributed by atoms with van der Waals surface area (Å²) in [6.45, 7) is 0.866. The van der Waals surface area contributed by atoms with E-state index >= 15 is 0 Å². The van der Waals surface area contributed by atoms with Gasteiger partial charge >= 0.3 is 0 Å². The van der Waals surface area contributed by atoms with E-state index in [1.54, 1.807) is 18.2 Å². The maximum Gasteiger partial charge on any atom is 0.238 e. The SMILES string of the molecule is CN(CCSc1ccccc1F)CC(=O)Nc1ccc(F)cc1. The molecule has 1 amide bonds. The number of anilines is 1. The van der Waals surface area contributed by atoms with Crippen LogP contribution in [0.25, 0.3) is 0 Å². The first-order valence-electron chi connectivity index (χ1n) is 7.16. The molecule has 1 N–H and O–H groups in total. The molecule has 0 radical (unpaired) electrons. The van der Waals surface area contributed by atoms with E-state index in [2.05, 4.69) is 5.32 Å². The van der Waals surface area contributed by atoms with Crippen molar-refractivity contribution in [3.63, 3.8) is 0 Å². The summed E-state index contributed by atoms with van der Waals surface area (Å²) < 4.78 is 26.3. The predicted molar refractivity (Wildman–Crippen MR) is 89.7 cm³/mol. The molecular weight excluding hydrogens is 318 g/mol. The number of carbonyl (C=O) groups excluding carboxylic acids is 1. The predicted octanol–water partition coefficient (Wildman–Crippen LogP) is 3.63. The maximum atomic E-state index is 13.5. The molecule has 0 saturated carbocycles. The van der Waals surface area contributed by atoms with Crippen molar-refractivity contribution in [3.05, 3.63) is 60.2 Å². The van der Waals surface area contributed by atoms with Crippen LogP contribution in [-0.2, 0) is 4.79 Å². The molecule has 2 rings (SSSR count). The second kappa shape index (κ2) is 8.64. The van der Waals surface area contributed by atoms with E-state index < -0.39 is 0 Å². The first-order valence-corrected chi connectivity index (χ1v) is 8.14. The molecular formula is C17H18F2N2OS. The van der Waals surface area contributed by atoms with Crippen LogP contribution in [0, 0.1) is 11.6 Å². The number of hydrogen-bond donors (Lipinski definition) is 1. The molecule has 0 fully saturated rings. The molecule has 0 heterocycles. The van der Waals surface area contributed by atoms with Crippen LogP contribution in [0.2, 0.25) is 0 Å². The lowest BCUT2D eigenvalue weighted by molar-refractivity contribution is -0.117. The maximum absolute atomic E-state index is 13.5. The number of rotatable bonds is 7. The fraction of sp³-hybridized carbons (Fsp3) is 0.235. The zero-order valence-corrected chi connectivity index (χ0v) is 13.6. The number of nitrogens with zero attached hydrogens (tertiary/aromatic N) is 1. The lowest BCUT2D eigenvalue weighted by Crippen LogP contribution is -2.31. The Morgan fingerprint density at radius 2 is 1.83 bits per heavy atom. The number of nitrogens with one attached hydrogen (secondary N) is 1. The molecule has 6 heteroatoms. The molecule has 2 aromatic rings. The van der Waals surface area contributed by atoms with Crippen LogP contribution >= 0.6 is 11.8 Å². The van der Waals surface area contributed by atoms with Crippen LogP contribution in [0.1, 0.15) is 0 Å². The molecule has 0 aliphatic carbocycles. The number of benzene rings is 2. The Hall–Kier alpha value is -1.92. The lowest BCUT2D eigenvalue weighted by atomic mass is 10.3. The van der Waals surface area contributed by atoms with Gasteiger partial charge in [0.1, 0.15) is 11.6 Å². The molecule has 3 nitrogen and oxygen atoms in total. The summed E-state index contributed by atoms with van der Waals surface area (Å²) in [6, 6.07) is 12.2. The minimum absolute atomic E-state index is 0.171. The van der Waals surface area contributed by atoms with Crippen molar-refractivity contribution < 1.29 is 13.6 Å². The second-order valence-corrected chi connectivity index (χ2v) is 6.21. The average molecular weight is 336 g/mol. The normalized spacial score (nSPS) is 10.8. The molecule has 23 heavy (non-hydrogen) atoms. The number of carbonyl (C=O) groups is 1. The number of amides is 1. The minimum Gasteiger partial charge on any atom is -0.325 e. The lowest BCUT2D eigenvalue weighted by Gasteiger charge is -2.16. The van der Waals surface area contributed by atoms with Crippen LogP contribution in [0.5, 0.6) is 0 Å². The second-order valence-electron chi connectivity index (χ2n) is 5.07. The molecule has 0 aliphatic rings. The Balaban J connectivity index is 1.71. The highest BCUT2D eigenvalue weighted by molar-refractivity contribution is 7.99. The van der Waals surface area contributed by atoms with Crippen molar-refractivity contribution in [2.24, 2.45) is 0 Å². The van der Waals surface area contributed by atoms with Crippen LogP contribution in [-0.4, -0.2) is 36.7 Å². The van der Waals surface area contributed by atoms with E-state index in [1.165, 1.54) is 42.1 Å². The van der Waals surface area contributed by atoms with Crippen molar-refractivity contribution in [3.8, 4) is 0 Å². The topological polar surface area (TPSA) is 32.3 Å². The summed E-state index contributed by atoms with van der Waals surface area (Å²) in [5.41, 5.74) is 0.561. The fourth-order valence-electron chi connectivity index (χ4n) is 1.93. The highest BCUT2D eigenvalue weighted by Crippen LogP contribution is 2.20. The molecule has 0 saturated heterocycles. The Morgan fingerprint density at radius 3 is 2.52 bits per heavy atom. The van der Waals surface area contributed by atoms with Crippen LogP contribution < -0.4 is 5.32 Å². The van der Waals surface area contributed by atoms with Gasteiger partial charge in [-0.1, -0.05) is 12.1 Å². The Bertz CT molecular complexity index is 649. The van der Waals surface area contributed by atoms with Gasteiger partial charge in [-0.25, -0.2) is 8.78 Å². The Morgan fingerprint density at radius 1 is 1.13 bits per heavy atom. The van der Waals surface area contributed by atoms with Gasteiger partial charge in [0.05, 0.1) is 6.54 Å². The third-order valence-corrected chi connectivity index (χ3v) is 4.14. The fourth-order valence-corrected chi connectivity index (χ4v) is 2.93. The van der Waals surface area contributed by atoms with Gasteiger partial charge in [0.2, 0.25) is 5.91 Å². The van der Waals surface area contributed by atoms with Gasteiger partial charge in [-0.15, -0.1) is 11.8 Å². The zero-order valence-electron chi connectivity index (χ0n) is 12.8. The number of thioether (sulfide) groups is 1. The van der Waals surface area contributed by atoms with Crippen LogP contribution in [0.3, 0.4) is 0 Å². The largest absolute Gasteiger partial charge is 0.325 e. The molecule has 0 aliphatic heterocycles. The van der Waals surface area contributed by atoms with Gasteiger partial charge in [-0.05, 0) is 43.4 Å². The molecule has 0 atom stereocenters. The molecule has 0 spiro atoms. The third-order valence-electron chi connectivity index (χ3n) is 3.11. The number of halogens is 2. The van der Waals surface area contributed by atoms with E-state index in [1.807, 2.05) is 11.9 Å². The molecule has 2 aromatic carbocycles. The monoisotopic (exact) mass is 336 g/mol. The number of hydrogen-bond acceptors (Lipinski definition) is 3. The van der Waals surface area contributed by atoms with Crippen molar-refractivity contribution >= 4 is 23.4 Å². The summed E-state index contributed by atoms with van der Waals surface area (Å²) in [4.78, 5) is 14.3. The summed E-state index contributed by atoms with van der Waals surface area (Å²) >= 11 is 1.42. The van der Waals surface area contributed by atoms with Crippen molar-refractivity contribution in [2.75, 3.05) is 31.2 Å². The van der Waals surface area contributed by atoms with Gasteiger partial charge in [0.25, 0.3) is 0 Å². The molecule has 0 aromatic heterocycles. The number of likely N-dealkylation sites (N-methyl/N-ethyl adjacent to an activating group) is 1. The Labute approximate surface area is 138 Å². The first-order chi connectivity index (χ1) is 11.0. The van der Waals surface area contributed by atoms with Gasteiger partial charge in [-0.3, -0.25) is 9.69 Å². The summed E-state index contributed by atoms with van der Waals surface area (Å²) in [7, 11) is 1.83. The molecule has 0 bridgehead atoms. The van der Waals surface area contributed by atoms with E-state index in [4.69, 9.17) is 0 Å². The summed E-state index contributed by atoms with van der Waals surface area (Å²) in [6.07, 6.45) is 0. The van der Waals surface area contributed by atoms with E-state index in [9.17, 15) is 13.6 Å². The van der Waals surface area contributed by atoms with E-state index in [-0.39, 0.29) is 24.1 Å². The summed E-state index contributed by atoms with van der Waals surface area (Å²) in [5.74, 6) is -0.0594. The standard InChI is InChI=1S/C17H18F2N2OS/c1-21(10-11-23-16-5-3-2-4-15(16)19)12-17(22)20-14-8-6-13(18)7-9-14/h2-9H,10-12H2,1H3,(H,20,22). The Kier molecular flexibility index (Phi) is 6.55. The smallest absolute Gasteiger partial charge is 0.238 e. The van der Waals surface area contributed by atoms with Gasteiger partial charge < -0.3 is 5.32 Å². The first kappa shape index (κ1) is 17.4. The molecule has 0 unspecified atom stereocenters. The quantitative estimate of drug-likeness (QED) is 0.784. The zero-order chi connectivity index (χ0) is 16.7. The van der Waals surface area contributed by atoms with E-state index in [0.717, 1.165) is 0 Å². The van der Waals surface area contributed by atoms with Crippen molar-refractivity contribution in [1.29, 1.82) is 0 Å². The van der Waals surface area contributed by atoms with E-state index in [0.29, 0.717) is 22.9 Å².